The van der Waals surface area contributed by atoms with Gasteiger partial charge in [0, 0.05) is 6.04 Å². The summed E-state index contributed by atoms with van der Waals surface area (Å²) < 4.78 is 28.2. The van der Waals surface area contributed by atoms with Crippen molar-refractivity contribution in [3.63, 3.8) is 0 Å². The molecule has 0 fully saturated rings. The Bertz CT molecular complexity index is 207. The average molecular weight is 236 g/mol. The van der Waals surface area contributed by atoms with Crippen LogP contribution in [0.4, 0.5) is 0 Å². The predicted octanol–water partition coefficient (Wildman–Crippen LogP) is -1.76. The molecule has 0 heterocycles. The Morgan fingerprint density at radius 2 is 1.58 bits per heavy atom. The maximum absolute atomic E-state index is 10.0. The van der Waals surface area contributed by atoms with Crippen LogP contribution < -0.4 is 0 Å². The normalized spacial score (nSPS) is 12.3. The van der Waals surface area contributed by atoms with Crippen LogP contribution in [-0.4, -0.2) is 41.9 Å². The molecule has 0 saturated heterocycles. The third-order valence-corrected chi connectivity index (χ3v) is 2.74. The fourth-order valence-corrected chi connectivity index (χ4v) is 1.91. The van der Waals surface area contributed by atoms with Crippen molar-refractivity contribution in [1.29, 1.82) is 0 Å². The lowest BCUT2D eigenvalue weighted by atomic mass is 10.6. The minimum absolute atomic E-state index is 0. The molecule has 6 nitrogen and oxygen atoms in total. The highest BCUT2D eigenvalue weighted by Gasteiger charge is 2.26. The molecular formula is C3H13O6PSSi. The van der Waals surface area contributed by atoms with Gasteiger partial charge in [-0.2, -0.15) is 18.3 Å². The van der Waals surface area contributed by atoms with Crippen LogP contribution >= 0.6 is 9.90 Å². The molecule has 0 radical (unpaired) electrons. The lowest BCUT2D eigenvalue weighted by molar-refractivity contribution is 0.227. The summed E-state index contributed by atoms with van der Waals surface area (Å²) in [5.74, 6) is -0.566. The monoisotopic (exact) mass is 236 g/mol. The molecule has 0 aliphatic rings. The second-order valence-electron chi connectivity index (χ2n) is 2.16. The van der Waals surface area contributed by atoms with E-state index in [0.29, 0.717) is 0 Å². The van der Waals surface area contributed by atoms with Crippen molar-refractivity contribution in [2.24, 2.45) is 0 Å². The van der Waals surface area contributed by atoms with E-state index < -0.39 is 24.7 Å². The van der Waals surface area contributed by atoms with Crippen LogP contribution in [0.2, 0.25) is 6.04 Å². The lowest BCUT2D eigenvalue weighted by Gasteiger charge is -2.06. The molecular weight excluding hydrogens is 223 g/mol. The summed E-state index contributed by atoms with van der Waals surface area (Å²) >= 11 is 0. The molecule has 0 spiro atoms. The van der Waals surface area contributed by atoms with E-state index in [-0.39, 0.29) is 22.4 Å². The molecule has 0 amide bonds. The summed E-state index contributed by atoms with van der Waals surface area (Å²) in [5, 5.41) is 0. The van der Waals surface area contributed by atoms with Gasteiger partial charge in [0.2, 0.25) is 0 Å². The van der Waals surface area contributed by atoms with Gasteiger partial charge in [0.25, 0.3) is 10.1 Å². The number of hydrogen-bond donors (Lipinski definition) is 4. The Hall–Kier alpha value is 0.437. The van der Waals surface area contributed by atoms with E-state index in [2.05, 4.69) is 0 Å². The van der Waals surface area contributed by atoms with Crippen LogP contribution in [0.3, 0.4) is 0 Å². The third kappa shape index (κ3) is 13.1. The summed E-state index contributed by atoms with van der Waals surface area (Å²) in [6, 6.07) is -0.382. The van der Waals surface area contributed by atoms with Crippen LogP contribution in [0.5, 0.6) is 0 Å². The van der Waals surface area contributed by atoms with Crippen LogP contribution in [-0.2, 0) is 10.1 Å². The van der Waals surface area contributed by atoms with E-state index >= 15 is 0 Å². The van der Waals surface area contributed by atoms with Crippen molar-refractivity contribution in [3.05, 3.63) is 0 Å². The first-order chi connectivity index (χ1) is 4.71. The topological polar surface area (TPSA) is 115 Å². The molecule has 0 aromatic carbocycles. The third-order valence-electron chi connectivity index (χ3n) is 0.914. The van der Waals surface area contributed by atoms with Gasteiger partial charge in [-0.1, -0.05) is 0 Å². The summed E-state index contributed by atoms with van der Waals surface area (Å²) in [7, 11) is -8.19. The number of rotatable bonds is 4. The minimum atomic E-state index is -4.13. The largest absolute Gasteiger partial charge is 0.492 e. The zero-order chi connectivity index (χ0) is 9.12. The molecule has 0 rings (SSSR count). The Balaban J connectivity index is 0. The second kappa shape index (κ2) is 5.23. The fourth-order valence-electron chi connectivity index (χ4n) is 0.492. The first kappa shape index (κ1) is 14.9. The van der Waals surface area contributed by atoms with Crippen molar-refractivity contribution in [3.8, 4) is 0 Å². The van der Waals surface area contributed by atoms with Gasteiger partial charge in [-0.05, 0) is 6.42 Å². The molecule has 1 unspecified atom stereocenters. The van der Waals surface area contributed by atoms with Gasteiger partial charge in [0.15, 0.2) is 0 Å². The predicted molar refractivity (Wildman–Crippen MR) is 49.4 cm³/mol. The Labute approximate surface area is 75.0 Å². The second-order valence-corrected chi connectivity index (χ2v) is 5.78. The first-order valence-electron chi connectivity index (χ1n) is 2.83. The van der Waals surface area contributed by atoms with Crippen molar-refractivity contribution in [2.75, 3.05) is 5.75 Å². The zero-order valence-corrected chi connectivity index (χ0v) is 9.57. The van der Waals surface area contributed by atoms with Gasteiger partial charge in [-0.25, -0.2) is 0 Å². The molecule has 4 N–H and O–H groups in total. The molecule has 9 heteroatoms. The molecule has 0 aromatic rings. The van der Waals surface area contributed by atoms with E-state index in [1.807, 2.05) is 0 Å². The van der Waals surface area contributed by atoms with Gasteiger partial charge < -0.3 is 14.4 Å². The van der Waals surface area contributed by atoms with E-state index in [1.54, 1.807) is 0 Å². The van der Waals surface area contributed by atoms with Crippen molar-refractivity contribution in [1.82, 2.24) is 0 Å². The maximum atomic E-state index is 10.0. The highest BCUT2D eigenvalue weighted by atomic mass is 32.2. The molecule has 0 aliphatic carbocycles. The van der Waals surface area contributed by atoms with Gasteiger partial charge in [-0.15, -0.1) is 0 Å². The molecule has 0 aromatic heterocycles. The minimum Gasteiger partial charge on any atom is -0.390 e. The SMILES string of the molecule is O=S(=O)(O)CCC[Si](O)(O)O.P. The van der Waals surface area contributed by atoms with E-state index in [9.17, 15) is 8.42 Å². The molecule has 12 heavy (non-hydrogen) atoms. The molecule has 0 saturated carbocycles. The highest BCUT2D eigenvalue weighted by Crippen LogP contribution is 2.02. The zero-order valence-electron chi connectivity index (χ0n) is 6.34. The summed E-state index contributed by atoms with van der Waals surface area (Å²) in [6.45, 7) is 0. The highest BCUT2D eigenvalue weighted by molar-refractivity contribution is 7.85. The van der Waals surface area contributed by atoms with Crippen molar-refractivity contribution < 1.29 is 27.4 Å². The molecule has 76 valence electrons. The summed E-state index contributed by atoms with van der Waals surface area (Å²) in [6.07, 6.45) is -0.158. The molecule has 0 aliphatic heterocycles. The summed E-state index contributed by atoms with van der Waals surface area (Å²) in [4.78, 5) is 25.2. The van der Waals surface area contributed by atoms with Crippen molar-refractivity contribution in [2.45, 2.75) is 12.5 Å². The van der Waals surface area contributed by atoms with E-state index in [1.165, 1.54) is 0 Å². The standard InChI is InChI=1S/C3H10O6SSi.H3P/c4-10(5,6)2-1-3-11(7,8)9;/h7-9H,1-3H2,(H,4,5,6);1H3. The van der Waals surface area contributed by atoms with E-state index in [0.717, 1.165) is 0 Å². The number of hydrogen-bond acceptors (Lipinski definition) is 5. The van der Waals surface area contributed by atoms with E-state index in [4.69, 9.17) is 18.9 Å². The van der Waals surface area contributed by atoms with Crippen molar-refractivity contribution >= 4 is 28.8 Å². The Kier molecular flexibility index (Phi) is 6.51. The maximum Gasteiger partial charge on any atom is 0.492 e. The van der Waals surface area contributed by atoms with Gasteiger partial charge in [0.1, 0.15) is 0 Å². The Morgan fingerprint density at radius 1 is 1.17 bits per heavy atom. The first-order valence-corrected chi connectivity index (χ1v) is 6.49. The van der Waals surface area contributed by atoms with Gasteiger partial charge in [0.05, 0.1) is 5.75 Å². The quantitative estimate of drug-likeness (QED) is 0.261. The lowest BCUT2D eigenvalue weighted by Crippen LogP contribution is -2.34. The van der Waals surface area contributed by atoms with Crippen LogP contribution in [0.15, 0.2) is 0 Å². The molecule has 1 atom stereocenters. The molecule has 0 bridgehead atoms. The van der Waals surface area contributed by atoms with Crippen LogP contribution in [0, 0.1) is 0 Å². The van der Waals surface area contributed by atoms with Gasteiger partial charge >= 0.3 is 8.80 Å². The van der Waals surface area contributed by atoms with Gasteiger partial charge in [-0.3, -0.25) is 4.55 Å². The van der Waals surface area contributed by atoms with Crippen LogP contribution in [0.1, 0.15) is 6.42 Å². The average Bonchev–Trinajstić information content (AvgIpc) is 1.55. The summed E-state index contributed by atoms with van der Waals surface area (Å²) in [5.41, 5.74) is 0. The van der Waals surface area contributed by atoms with Crippen LogP contribution in [0.25, 0.3) is 0 Å². The Morgan fingerprint density at radius 3 is 1.83 bits per heavy atom. The fraction of sp³-hybridized carbons (Fsp3) is 1.00. The smallest absolute Gasteiger partial charge is 0.390 e.